The van der Waals surface area contributed by atoms with E-state index < -0.39 is 5.67 Å². The zero-order valence-electron chi connectivity index (χ0n) is 8.31. The second kappa shape index (κ2) is 3.50. The van der Waals surface area contributed by atoms with Crippen molar-refractivity contribution >= 4 is 0 Å². The third kappa shape index (κ3) is 3.68. The van der Waals surface area contributed by atoms with Crippen LogP contribution in [0.4, 0.5) is 4.39 Å². The average Bonchev–Trinajstić information content (AvgIpc) is 1.91. The van der Waals surface area contributed by atoms with Crippen LogP contribution in [-0.2, 0) is 0 Å². The molecule has 0 bridgehead atoms. The van der Waals surface area contributed by atoms with Gasteiger partial charge in [0.05, 0.1) is 0 Å². The molecule has 3 heteroatoms. The predicted octanol–water partition coefficient (Wildman–Crippen LogP) is 0.640. The smallest absolute Gasteiger partial charge is 0.122 e. The van der Waals surface area contributed by atoms with E-state index in [0.717, 1.165) is 26.2 Å². The summed E-state index contributed by atoms with van der Waals surface area (Å²) in [6.45, 7) is 6.78. The summed E-state index contributed by atoms with van der Waals surface area (Å²) in [4.78, 5) is 2.07. The van der Waals surface area contributed by atoms with Gasteiger partial charge in [0.1, 0.15) is 7.08 Å². The van der Waals surface area contributed by atoms with Gasteiger partial charge in [-0.1, -0.05) is 0 Å². The Bertz CT molecular complexity index is 138. The van der Waals surface area contributed by atoms with E-state index in [4.69, 9.17) is 1.41 Å². The van der Waals surface area contributed by atoms with Gasteiger partial charge in [0.2, 0.25) is 0 Å². The van der Waals surface area contributed by atoms with Gasteiger partial charge in [-0.25, -0.2) is 4.39 Å². The van der Waals surface area contributed by atoms with Gasteiger partial charge in [0.25, 0.3) is 0 Å². The summed E-state index contributed by atoms with van der Waals surface area (Å²) in [5, 5.41) is 1.53. The Morgan fingerprint density at radius 3 is 2.55 bits per heavy atom. The number of piperazine rings is 1. The van der Waals surface area contributed by atoms with E-state index in [-0.39, 0.29) is 0 Å². The monoisotopic (exact) mass is 161 g/mol. The molecule has 0 aromatic heterocycles. The van der Waals surface area contributed by atoms with Crippen molar-refractivity contribution in [1.82, 2.24) is 10.2 Å². The Morgan fingerprint density at radius 2 is 2.09 bits per heavy atom. The fourth-order valence-corrected chi connectivity index (χ4v) is 1.34. The lowest BCUT2D eigenvalue weighted by Crippen LogP contribution is -2.47. The molecule has 0 aliphatic carbocycles. The molecule has 11 heavy (non-hydrogen) atoms. The molecule has 0 atom stereocenters. The number of rotatable bonds is 2. The molecule has 0 saturated carbocycles. The molecule has 1 aliphatic rings. The van der Waals surface area contributed by atoms with Crippen molar-refractivity contribution in [3.05, 3.63) is 0 Å². The van der Waals surface area contributed by atoms with E-state index in [1.54, 1.807) is 13.8 Å². The Morgan fingerprint density at radius 1 is 1.55 bits per heavy atom. The number of halogens is 1. The quantitative estimate of drug-likeness (QED) is 0.639. The van der Waals surface area contributed by atoms with Crippen molar-refractivity contribution < 1.29 is 5.80 Å². The highest BCUT2D eigenvalue weighted by Gasteiger charge is 2.21. The molecular weight excluding hydrogens is 143 g/mol. The first-order valence-electron chi connectivity index (χ1n) is 4.57. The number of nitrogens with zero attached hydrogens (tertiary/aromatic N) is 1. The van der Waals surface area contributed by atoms with E-state index in [9.17, 15) is 4.39 Å². The maximum absolute atomic E-state index is 13.2. The third-order valence-corrected chi connectivity index (χ3v) is 1.75. The molecular formula is C8H17FN2. The normalized spacial score (nSPS) is 25.2. The van der Waals surface area contributed by atoms with Crippen molar-refractivity contribution in [2.45, 2.75) is 19.5 Å². The van der Waals surface area contributed by atoms with E-state index in [1.165, 1.54) is 5.31 Å². The highest BCUT2D eigenvalue weighted by atomic mass is 19.1. The van der Waals surface area contributed by atoms with E-state index in [1.807, 2.05) is 0 Å². The number of nitrogens with one attached hydrogen (secondary N) is 1. The summed E-state index contributed by atoms with van der Waals surface area (Å²) in [6.07, 6.45) is 0. The molecule has 1 heterocycles. The molecule has 66 valence electrons. The first kappa shape index (κ1) is 7.50. The lowest BCUT2D eigenvalue weighted by Gasteiger charge is -2.30. The fraction of sp³-hybridized carbons (Fsp3) is 1.00. The van der Waals surface area contributed by atoms with Crippen molar-refractivity contribution in [3.8, 4) is 0 Å². The third-order valence-electron chi connectivity index (χ3n) is 1.75. The molecule has 2 nitrogen and oxygen atoms in total. The minimum absolute atomic E-state index is 0.487. The van der Waals surface area contributed by atoms with Crippen LogP contribution < -0.4 is 5.31 Å². The maximum atomic E-state index is 13.2. The molecule has 1 rings (SSSR count). The van der Waals surface area contributed by atoms with Crippen molar-refractivity contribution in [2.75, 3.05) is 32.7 Å². The van der Waals surface area contributed by atoms with E-state index in [2.05, 4.69) is 4.90 Å². The molecule has 1 aliphatic heterocycles. The molecule has 1 saturated heterocycles. The van der Waals surface area contributed by atoms with Gasteiger partial charge in [0, 0.05) is 32.7 Å². The lowest BCUT2D eigenvalue weighted by atomic mass is 10.1. The summed E-state index contributed by atoms with van der Waals surface area (Å²) >= 11 is 0. The van der Waals surface area contributed by atoms with Crippen molar-refractivity contribution in [1.29, 1.82) is 0 Å². The molecule has 0 amide bonds. The van der Waals surface area contributed by atoms with Gasteiger partial charge >= 0.3 is 0 Å². The molecule has 0 unspecified atom stereocenters. The Hall–Kier alpha value is -0.150. The highest BCUT2D eigenvalue weighted by molar-refractivity contribution is 4.76. The standard InChI is InChI=1S/C8H17FN2/c1-8(2,9)7-11-5-3-10-4-6-11/h10H,3-7H2,1-2H3/i/hD. The van der Waals surface area contributed by atoms with Gasteiger partial charge in [0.15, 0.2) is 0 Å². The number of hydrogen-bond acceptors (Lipinski definition) is 2. The summed E-state index contributed by atoms with van der Waals surface area (Å²) < 4.78 is 20.5. The topological polar surface area (TPSA) is 15.3 Å². The van der Waals surface area contributed by atoms with Crippen molar-refractivity contribution in [3.63, 3.8) is 0 Å². The van der Waals surface area contributed by atoms with Gasteiger partial charge in [-0.2, -0.15) is 0 Å². The largest absolute Gasteiger partial charge is 0.314 e. The molecule has 0 aromatic carbocycles. The van der Waals surface area contributed by atoms with Crippen LogP contribution in [-0.4, -0.2) is 43.3 Å². The predicted molar refractivity (Wildman–Crippen MR) is 44.5 cm³/mol. The zero-order valence-corrected chi connectivity index (χ0v) is 7.31. The van der Waals surface area contributed by atoms with E-state index in [0.29, 0.717) is 6.54 Å². The molecule has 0 aromatic rings. The van der Waals surface area contributed by atoms with Gasteiger partial charge in [-0.15, -0.1) is 0 Å². The molecule has 0 spiro atoms. The Balaban J connectivity index is 2.26. The van der Waals surface area contributed by atoms with Crippen LogP contribution in [0.25, 0.3) is 0 Å². The number of alkyl halides is 1. The summed E-state index contributed by atoms with van der Waals surface area (Å²) in [7, 11) is 0. The average molecular weight is 161 g/mol. The first-order chi connectivity index (χ1) is 5.47. The minimum atomic E-state index is -1.11. The lowest BCUT2D eigenvalue weighted by molar-refractivity contribution is 0.116. The first-order valence-corrected chi connectivity index (χ1v) is 4.12. The van der Waals surface area contributed by atoms with Gasteiger partial charge in [-0.05, 0) is 13.8 Å². The van der Waals surface area contributed by atoms with Crippen LogP contribution in [0.15, 0.2) is 0 Å². The summed E-state index contributed by atoms with van der Waals surface area (Å²) in [5.74, 6) is 0. The van der Waals surface area contributed by atoms with Crippen molar-refractivity contribution in [2.24, 2.45) is 0 Å². The molecule has 1 N–H and O–H groups in total. The maximum Gasteiger partial charge on any atom is 0.122 e. The highest BCUT2D eigenvalue weighted by Crippen LogP contribution is 2.10. The van der Waals surface area contributed by atoms with Crippen LogP contribution >= 0.6 is 0 Å². The van der Waals surface area contributed by atoms with Crippen LogP contribution in [0.2, 0.25) is 1.41 Å². The summed E-state index contributed by atoms with van der Waals surface area (Å²) in [5.41, 5.74) is -1.11. The Kier molecular flexibility index (Phi) is 2.38. The SMILES string of the molecule is [2H]N1CCN(CC(C)(C)F)CC1. The van der Waals surface area contributed by atoms with Crippen LogP contribution in [0.1, 0.15) is 13.8 Å². The fourth-order valence-electron chi connectivity index (χ4n) is 1.34. The second-order valence-electron chi connectivity index (χ2n) is 3.67. The minimum Gasteiger partial charge on any atom is -0.314 e. The van der Waals surface area contributed by atoms with E-state index >= 15 is 0 Å². The molecule has 0 radical (unpaired) electrons. The number of hydrogen-bond donors (Lipinski definition) is 1. The second-order valence-corrected chi connectivity index (χ2v) is 3.67. The van der Waals surface area contributed by atoms with Crippen LogP contribution in [0, 0.1) is 0 Å². The van der Waals surface area contributed by atoms with Crippen LogP contribution in [0.5, 0.6) is 0 Å². The van der Waals surface area contributed by atoms with Crippen LogP contribution in [0.3, 0.4) is 0 Å². The van der Waals surface area contributed by atoms with Gasteiger partial charge in [-0.3, -0.25) is 4.90 Å². The zero-order chi connectivity index (χ0) is 9.19. The summed E-state index contributed by atoms with van der Waals surface area (Å²) in [6, 6.07) is 0. The molecule has 1 fully saturated rings. The Labute approximate surface area is 69.2 Å². The van der Waals surface area contributed by atoms with Gasteiger partial charge < -0.3 is 5.31 Å².